The molecule has 0 aliphatic rings. The average Bonchev–Trinajstić information content (AvgIpc) is 2.86. The van der Waals surface area contributed by atoms with Crippen molar-refractivity contribution in [2.45, 2.75) is 84.7 Å². The van der Waals surface area contributed by atoms with Gasteiger partial charge in [0.1, 0.15) is 5.60 Å². The number of ether oxygens (including phenoxy) is 1. The van der Waals surface area contributed by atoms with Gasteiger partial charge in [-0.3, -0.25) is 4.79 Å². The van der Waals surface area contributed by atoms with Gasteiger partial charge in [-0.1, -0.05) is 101 Å². The number of carbonyl (C=O) groups excluding carboxylic acids is 2. The van der Waals surface area contributed by atoms with Crippen molar-refractivity contribution in [1.82, 2.24) is 10.6 Å². The molecule has 5 nitrogen and oxygen atoms in total. The van der Waals surface area contributed by atoms with Crippen LogP contribution in [0.25, 0.3) is 0 Å². The lowest BCUT2D eigenvalue weighted by molar-refractivity contribution is -0.120. The highest BCUT2D eigenvalue weighted by atomic mass is 33.1. The molecule has 0 unspecified atom stereocenters. The molecule has 0 spiro atoms. The highest BCUT2D eigenvalue weighted by Crippen LogP contribution is 2.19. The molecule has 0 fully saturated rings. The molecule has 38 heavy (non-hydrogen) atoms. The molecule has 0 radical (unpaired) electrons. The normalized spacial score (nSPS) is 12.7. The Morgan fingerprint density at radius 2 is 1.08 bits per heavy atom. The third kappa shape index (κ3) is 30.1. The van der Waals surface area contributed by atoms with Crippen LogP contribution in [0.5, 0.6) is 0 Å². The van der Waals surface area contributed by atoms with Gasteiger partial charge in [-0.25, -0.2) is 4.79 Å². The fraction of sp³-hybridized carbons (Fsp3) is 0.548. The molecule has 0 aromatic heterocycles. The van der Waals surface area contributed by atoms with Crippen LogP contribution in [0.1, 0.15) is 79.1 Å². The summed E-state index contributed by atoms with van der Waals surface area (Å²) in [6.07, 6.45) is 33.0. The van der Waals surface area contributed by atoms with E-state index in [1.807, 2.05) is 20.8 Å². The van der Waals surface area contributed by atoms with Crippen molar-refractivity contribution in [3.63, 3.8) is 0 Å². The predicted octanol–water partition coefficient (Wildman–Crippen LogP) is 8.49. The van der Waals surface area contributed by atoms with Crippen LogP contribution in [-0.2, 0) is 9.53 Å². The lowest BCUT2D eigenvalue weighted by atomic mass is 10.2. The zero-order valence-electron chi connectivity index (χ0n) is 24.0. The molecule has 7 heteroatoms. The molecule has 2 N–H and O–H groups in total. The Morgan fingerprint density at radius 1 is 0.658 bits per heavy atom. The highest BCUT2D eigenvalue weighted by molar-refractivity contribution is 8.76. The highest BCUT2D eigenvalue weighted by Gasteiger charge is 2.15. The zero-order valence-corrected chi connectivity index (χ0v) is 25.6. The first kappa shape index (κ1) is 35.9. The van der Waals surface area contributed by atoms with E-state index < -0.39 is 5.60 Å². The van der Waals surface area contributed by atoms with Gasteiger partial charge in [0.05, 0.1) is 0 Å². The van der Waals surface area contributed by atoms with Crippen molar-refractivity contribution in [3.05, 3.63) is 72.9 Å². The molecular formula is C31H50N2O3S2. The molecule has 0 aliphatic carbocycles. The van der Waals surface area contributed by atoms with Gasteiger partial charge in [0, 0.05) is 31.0 Å². The van der Waals surface area contributed by atoms with Crippen molar-refractivity contribution >= 4 is 33.6 Å². The third-order valence-electron chi connectivity index (χ3n) is 4.58. The van der Waals surface area contributed by atoms with Gasteiger partial charge in [0.15, 0.2) is 0 Å². The molecule has 0 rings (SSSR count). The molecule has 0 aliphatic heterocycles. The Bertz CT molecular complexity index is 778. The Kier molecular flexibility index (Phi) is 25.0. The van der Waals surface area contributed by atoms with Crippen LogP contribution in [0.15, 0.2) is 72.9 Å². The quantitative estimate of drug-likeness (QED) is 0.0834. The maximum Gasteiger partial charge on any atom is 0.407 e. The number of rotatable bonds is 21. The number of allylic oxidation sites excluding steroid dienone is 12. The van der Waals surface area contributed by atoms with E-state index in [9.17, 15) is 9.59 Å². The second-order valence-electron chi connectivity index (χ2n) is 9.38. The van der Waals surface area contributed by atoms with Gasteiger partial charge >= 0.3 is 6.09 Å². The number of nitrogens with one attached hydrogen (secondary N) is 2. The number of hydrogen-bond acceptors (Lipinski definition) is 5. The SMILES string of the molecule is CCC=CCC=CCC=CCC=CCC=CCC=CCCC(=O)NCCSSCCNC(=O)OC(C)(C)C. The van der Waals surface area contributed by atoms with E-state index in [4.69, 9.17) is 4.74 Å². The summed E-state index contributed by atoms with van der Waals surface area (Å²) in [5.41, 5.74) is -0.476. The fourth-order valence-electron chi connectivity index (χ4n) is 2.80. The first-order valence-corrected chi connectivity index (χ1v) is 16.2. The Morgan fingerprint density at radius 3 is 1.53 bits per heavy atom. The van der Waals surface area contributed by atoms with Gasteiger partial charge in [-0.15, -0.1) is 0 Å². The number of carbonyl (C=O) groups is 2. The van der Waals surface area contributed by atoms with Gasteiger partial charge in [-0.05, 0) is 65.7 Å². The van der Waals surface area contributed by atoms with Crippen molar-refractivity contribution < 1.29 is 14.3 Å². The van der Waals surface area contributed by atoms with Crippen LogP contribution < -0.4 is 10.6 Å². The predicted molar refractivity (Wildman–Crippen MR) is 170 cm³/mol. The van der Waals surface area contributed by atoms with Crippen molar-refractivity contribution in [2.24, 2.45) is 0 Å². The Balaban J connectivity index is 3.55. The minimum Gasteiger partial charge on any atom is -0.444 e. The van der Waals surface area contributed by atoms with Crippen LogP contribution in [-0.4, -0.2) is 42.2 Å². The summed E-state index contributed by atoms with van der Waals surface area (Å²) >= 11 is 0. The summed E-state index contributed by atoms with van der Waals surface area (Å²) in [6, 6.07) is 0. The summed E-state index contributed by atoms with van der Waals surface area (Å²) in [5, 5.41) is 5.68. The van der Waals surface area contributed by atoms with Crippen LogP contribution in [0, 0.1) is 0 Å². The van der Waals surface area contributed by atoms with Gasteiger partial charge < -0.3 is 15.4 Å². The second-order valence-corrected chi connectivity index (χ2v) is 12.1. The molecule has 2 amide bonds. The summed E-state index contributed by atoms with van der Waals surface area (Å²) in [6.45, 7) is 8.89. The molecule has 0 bridgehead atoms. The van der Waals surface area contributed by atoms with E-state index >= 15 is 0 Å². The van der Waals surface area contributed by atoms with E-state index in [0.717, 1.165) is 56.5 Å². The van der Waals surface area contributed by atoms with Gasteiger partial charge in [-0.2, -0.15) is 0 Å². The molecule has 0 heterocycles. The zero-order chi connectivity index (χ0) is 28.2. The monoisotopic (exact) mass is 562 g/mol. The molecular weight excluding hydrogens is 512 g/mol. The Labute approximate surface area is 240 Å². The maximum absolute atomic E-state index is 11.9. The fourth-order valence-corrected chi connectivity index (χ4v) is 4.61. The van der Waals surface area contributed by atoms with Crippen LogP contribution >= 0.6 is 21.6 Å². The third-order valence-corrected chi connectivity index (χ3v) is 6.99. The molecule has 0 aromatic rings. The van der Waals surface area contributed by atoms with Crippen molar-refractivity contribution in [3.8, 4) is 0 Å². The number of alkyl carbamates (subject to hydrolysis) is 1. The largest absolute Gasteiger partial charge is 0.444 e. The van der Waals surface area contributed by atoms with Gasteiger partial charge in [0.2, 0.25) is 5.91 Å². The maximum atomic E-state index is 11.9. The van der Waals surface area contributed by atoms with E-state index in [0.29, 0.717) is 19.5 Å². The average molecular weight is 563 g/mol. The standard InChI is InChI=1S/C31H50N2O3S2/c1-5-6-7-8-9-10-11-12-13-14-15-16-17-18-19-20-21-22-23-24-29(34)32-25-27-37-38-28-26-33-30(35)36-31(2,3)4/h6-7,9-10,12-13,15-16,18-19,21-22H,5,8,11,14,17,20,23-28H2,1-4H3,(H,32,34)(H,33,35). The molecule has 214 valence electrons. The van der Waals surface area contributed by atoms with E-state index in [1.54, 1.807) is 21.6 Å². The van der Waals surface area contributed by atoms with E-state index in [1.165, 1.54) is 0 Å². The van der Waals surface area contributed by atoms with Gasteiger partial charge in [0.25, 0.3) is 0 Å². The molecule has 0 atom stereocenters. The Hall–Kier alpha value is -2.12. The first-order valence-electron chi connectivity index (χ1n) is 13.7. The minimum atomic E-state index is -0.476. The summed E-state index contributed by atoms with van der Waals surface area (Å²) in [7, 11) is 3.36. The second kappa shape index (κ2) is 26.5. The molecule has 0 saturated carbocycles. The smallest absolute Gasteiger partial charge is 0.407 e. The summed E-state index contributed by atoms with van der Waals surface area (Å²) in [5.74, 6) is 1.71. The summed E-state index contributed by atoms with van der Waals surface area (Å²) in [4.78, 5) is 23.4. The molecule has 0 saturated heterocycles. The van der Waals surface area contributed by atoms with Crippen LogP contribution in [0.4, 0.5) is 4.79 Å². The number of hydrogen-bond donors (Lipinski definition) is 2. The van der Waals surface area contributed by atoms with E-state index in [2.05, 4.69) is 90.5 Å². The molecule has 0 aromatic carbocycles. The lowest BCUT2D eigenvalue weighted by Crippen LogP contribution is -2.33. The van der Waals surface area contributed by atoms with Crippen molar-refractivity contribution in [1.29, 1.82) is 0 Å². The number of amides is 2. The minimum absolute atomic E-state index is 0.0849. The van der Waals surface area contributed by atoms with Crippen LogP contribution in [0.3, 0.4) is 0 Å². The lowest BCUT2D eigenvalue weighted by Gasteiger charge is -2.19. The first-order chi connectivity index (χ1) is 18.3. The summed E-state index contributed by atoms with van der Waals surface area (Å²) < 4.78 is 5.18. The van der Waals surface area contributed by atoms with Crippen LogP contribution in [0.2, 0.25) is 0 Å². The topological polar surface area (TPSA) is 67.4 Å². The van der Waals surface area contributed by atoms with E-state index in [-0.39, 0.29) is 12.0 Å². The van der Waals surface area contributed by atoms with Crippen molar-refractivity contribution in [2.75, 3.05) is 24.6 Å².